The zero-order valence-electron chi connectivity index (χ0n) is 8.97. The van der Waals surface area contributed by atoms with Gasteiger partial charge in [-0.3, -0.25) is 0 Å². The van der Waals surface area contributed by atoms with Crippen LogP contribution in [0.5, 0.6) is 0 Å². The molecule has 1 heterocycles. The summed E-state index contributed by atoms with van der Waals surface area (Å²) >= 11 is 5.97. The summed E-state index contributed by atoms with van der Waals surface area (Å²) in [5.74, 6) is 0. The van der Waals surface area contributed by atoms with Crippen molar-refractivity contribution in [3.8, 4) is 11.3 Å². The van der Waals surface area contributed by atoms with E-state index in [1.54, 1.807) is 0 Å². The first kappa shape index (κ1) is 10.2. The number of hydrogen-bond acceptors (Lipinski definition) is 2. The number of halogens is 1. The molecule has 0 N–H and O–H groups in total. The van der Waals surface area contributed by atoms with Gasteiger partial charge in [-0.2, -0.15) is 0 Å². The molecular formula is C14H9ClN2. The maximum absolute atomic E-state index is 5.97. The molecule has 2 nitrogen and oxygen atoms in total. The van der Waals surface area contributed by atoms with Crippen molar-refractivity contribution in [3.05, 3.63) is 59.6 Å². The molecule has 17 heavy (non-hydrogen) atoms. The third kappa shape index (κ3) is 1.99. The lowest BCUT2D eigenvalue weighted by Gasteiger charge is -2.02. The van der Waals surface area contributed by atoms with Crippen LogP contribution < -0.4 is 0 Å². The van der Waals surface area contributed by atoms with E-state index in [0.29, 0.717) is 5.02 Å². The van der Waals surface area contributed by atoms with E-state index in [1.165, 1.54) is 0 Å². The van der Waals surface area contributed by atoms with Gasteiger partial charge in [0.05, 0.1) is 11.2 Å². The molecule has 3 aromatic rings. The first-order valence-corrected chi connectivity index (χ1v) is 5.69. The first-order valence-electron chi connectivity index (χ1n) is 5.31. The summed E-state index contributed by atoms with van der Waals surface area (Å²) < 4.78 is 0. The zero-order chi connectivity index (χ0) is 11.7. The average Bonchev–Trinajstić information content (AvgIpc) is 2.39. The molecule has 1 aromatic heterocycles. The molecule has 0 fully saturated rings. The molecule has 0 aliphatic rings. The molecule has 3 rings (SSSR count). The number of fused-ring (bicyclic) bond motifs is 1. The SMILES string of the molecule is Clc1ccc2nnc(-c3ccccc3)cc2c1. The second-order valence-electron chi connectivity index (χ2n) is 3.80. The lowest BCUT2D eigenvalue weighted by molar-refractivity contribution is 1.08. The molecule has 0 saturated heterocycles. The molecule has 0 amide bonds. The zero-order valence-corrected chi connectivity index (χ0v) is 9.72. The molecule has 0 atom stereocenters. The van der Waals surface area contributed by atoms with Gasteiger partial charge < -0.3 is 0 Å². The van der Waals surface area contributed by atoms with Gasteiger partial charge in [0.1, 0.15) is 0 Å². The minimum absolute atomic E-state index is 0.713. The van der Waals surface area contributed by atoms with Crippen LogP contribution in [0.25, 0.3) is 22.2 Å². The minimum Gasteiger partial charge on any atom is -0.150 e. The summed E-state index contributed by atoms with van der Waals surface area (Å²) in [4.78, 5) is 0. The van der Waals surface area contributed by atoms with Crippen LogP contribution in [0.3, 0.4) is 0 Å². The van der Waals surface area contributed by atoms with Crippen molar-refractivity contribution < 1.29 is 0 Å². The third-order valence-corrected chi connectivity index (χ3v) is 2.85. The van der Waals surface area contributed by atoms with Crippen LogP contribution in [-0.2, 0) is 0 Å². The Balaban J connectivity index is 2.19. The van der Waals surface area contributed by atoms with E-state index >= 15 is 0 Å². The second kappa shape index (κ2) is 4.15. The van der Waals surface area contributed by atoms with Crippen molar-refractivity contribution >= 4 is 22.5 Å². The largest absolute Gasteiger partial charge is 0.150 e. The Morgan fingerprint density at radius 1 is 0.824 bits per heavy atom. The van der Waals surface area contributed by atoms with E-state index in [4.69, 9.17) is 11.6 Å². The highest BCUT2D eigenvalue weighted by molar-refractivity contribution is 6.31. The topological polar surface area (TPSA) is 25.8 Å². The van der Waals surface area contributed by atoms with Crippen molar-refractivity contribution in [1.29, 1.82) is 0 Å². The summed E-state index contributed by atoms with van der Waals surface area (Å²) in [6.45, 7) is 0. The van der Waals surface area contributed by atoms with E-state index in [1.807, 2.05) is 54.6 Å². The van der Waals surface area contributed by atoms with Crippen LogP contribution in [0.2, 0.25) is 5.02 Å². The third-order valence-electron chi connectivity index (χ3n) is 2.62. The maximum Gasteiger partial charge on any atom is 0.0936 e. The van der Waals surface area contributed by atoms with Crippen molar-refractivity contribution in [1.82, 2.24) is 10.2 Å². The first-order chi connectivity index (χ1) is 8.33. The van der Waals surface area contributed by atoms with Gasteiger partial charge in [0, 0.05) is 16.0 Å². The van der Waals surface area contributed by atoms with Gasteiger partial charge in [0.2, 0.25) is 0 Å². The Hall–Kier alpha value is -1.93. The number of aromatic nitrogens is 2. The van der Waals surface area contributed by atoms with Crippen LogP contribution in [0.4, 0.5) is 0 Å². The lowest BCUT2D eigenvalue weighted by Crippen LogP contribution is -1.88. The van der Waals surface area contributed by atoms with Gasteiger partial charge >= 0.3 is 0 Å². The fraction of sp³-hybridized carbons (Fsp3) is 0. The number of hydrogen-bond donors (Lipinski definition) is 0. The molecule has 0 saturated carbocycles. The van der Waals surface area contributed by atoms with E-state index in [0.717, 1.165) is 22.2 Å². The van der Waals surface area contributed by atoms with Gasteiger partial charge in [-0.1, -0.05) is 41.9 Å². The Labute approximate surface area is 104 Å². The van der Waals surface area contributed by atoms with E-state index in [2.05, 4.69) is 10.2 Å². The Morgan fingerprint density at radius 3 is 2.47 bits per heavy atom. The van der Waals surface area contributed by atoms with Gasteiger partial charge in [-0.15, -0.1) is 10.2 Å². The normalized spacial score (nSPS) is 10.6. The van der Waals surface area contributed by atoms with Crippen LogP contribution in [-0.4, -0.2) is 10.2 Å². The van der Waals surface area contributed by atoms with E-state index in [9.17, 15) is 0 Å². The summed E-state index contributed by atoms with van der Waals surface area (Å²) in [5.41, 5.74) is 2.77. The van der Waals surface area contributed by atoms with Gasteiger partial charge in [-0.05, 0) is 24.3 Å². The molecule has 0 spiro atoms. The van der Waals surface area contributed by atoms with Crippen molar-refractivity contribution in [2.24, 2.45) is 0 Å². The molecule has 2 aromatic carbocycles. The predicted molar refractivity (Wildman–Crippen MR) is 70.0 cm³/mol. The van der Waals surface area contributed by atoms with Crippen molar-refractivity contribution in [3.63, 3.8) is 0 Å². The second-order valence-corrected chi connectivity index (χ2v) is 4.24. The maximum atomic E-state index is 5.97. The Morgan fingerprint density at radius 2 is 1.65 bits per heavy atom. The quantitative estimate of drug-likeness (QED) is 0.644. The molecule has 3 heteroatoms. The van der Waals surface area contributed by atoms with Gasteiger partial charge in [-0.25, -0.2) is 0 Å². The Bertz CT molecular complexity index is 665. The van der Waals surface area contributed by atoms with Gasteiger partial charge in [0.15, 0.2) is 0 Å². The number of rotatable bonds is 1. The van der Waals surface area contributed by atoms with Crippen LogP contribution in [0, 0.1) is 0 Å². The highest BCUT2D eigenvalue weighted by atomic mass is 35.5. The van der Waals surface area contributed by atoms with Crippen LogP contribution in [0.15, 0.2) is 54.6 Å². The van der Waals surface area contributed by atoms with E-state index in [-0.39, 0.29) is 0 Å². The highest BCUT2D eigenvalue weighted by Crippen LogP contribution is 2.22. The van der Waals surface area contributed by atoms with Crippen LogP contribution in [0.1, 0.15) is 0 Å². The molecular weight excluding hydrogens is 232 g/mol. The summed E-state index contributed by atoms with van der Waals surface area (Å²) in [6.07, 6.45) is 0. The van der Waals surface area contributed by atoms with Crippen molar-refractivity contribution in [2.45, 2.75) is 0 Å². The fourth-order valence-corrected chi connectivity index (χ4v) is 1.95. The molecule has 0 radical (unpaired) electrons. The Kier molecular flexibility index (Phi) is 2.50. The summed E-state index contributed by atoms with van der Waals surface area (Å²) in [7, 11) is 0. The minimum atomic E-state index is 0.713. The van der Waals surface area contributed by atoms with Crippen molar-refractivity contribution in [2.75, 3.05) is 0 Å². The van der Waals surface area contributed by atoms with Gasteiger partial charge in [0.25, 0.3) is 0 Å². The fourth-order valence-electron chi connectivity index (χ4n) is 1.77. The number of nitrogens with zero attached hydrogens (tertiary/aromatic N) is 2. The summed E-state index contributed by atoms with van der Waals surface area (Å²) in [6, 6.07) is 17.6. The predicted octanol–water partition coefficient (Wildman–Crippen LogP) is 3.95. The van der Waals surface area contributed by atoms with E-state index < -0.39 is 0 Å². The molecule has 82 valence electrons. The smallest absolute Gasteiger partial charge is 0.0936 e. The molecule has 0 bridgehead atoms. The lowest BCUT2D eigenvalue weighted by atomic mass is 10.1. The van der Waals surface area contributed by atoms with Crippen LogP contribution >= 0.6 is 11.6 Å². The number of benzene rings is 2. The highest BCUT2D eigenvalue weighted by Gasteiger charge is 2.02. The molecule has 0 aliphatic heterocycles. The summed E-state index contributed by atoms with van der Waals surface area (Å²) in [5, 5.41) is 10.1. The molecule has 0 aliphatic carbocycles. The average molecular weight is 241 g/mol. The monoisotopic (exact) mass is 240 g/mol. The molecule has 0 unspecified atom stereocenters. The standard InChI is InChI=1S/C14H9ClN2/c15-12-6-7-13-11(8-12)9-14(17-16-13)10-4-2-1-3-5-10/h1-9H.